The Hall–Kier alpha value is -3.69. The summed E-state index contributed by atoms with van der Waals surface area (Å²) in [5.41, 5.74) is 3.22. The lowest BCUT2D eigenvalue weighted by Crippen LogP contribution is -2.23. The third-order valence-electron chi connectivity index (χ3n) is 5.03. The summed E-state index contributed by atoms with van der Waals surface area (Å²) in [6.45, 7) is 2.28. The maximum atomic E-state index is 12.8. The van der Waals surface area contributed by atoms with Gasteiger partial charge in [-0.05, 0) is 42.8 Å². The topological polar surface area (TPSA) is 104 Å². The third kappa shape index (κ3) is 4.08. The van der Waals surface area contributed by atoms with Gasteiger partial charge in [-0.15, -0.1) is 0 Å². The lowest BCUT2D eigenvalue weighted by atomic mass is 10.1. The van der Waals surface area contributed by atoms with Crippen LogP contribution >= 0.6 is 0 Å². The van der Waals surface area contributed by atoms with Crippen molar-refractivity contribution in [2.45, 2.75) is 18.4 Å². The zero-order valence-corrected chi connectivity index (χ0v) is 17.9. The van der Waals surface area contributed by atoms with Gasteiger partial charge in [0, 0.05) is 17.7 Å². The predicted molar refractivity (Wildman–Crippen MR) is 116 cm³/mol. The zero-order chi connectivity index (χ0) is 22.1. The summed E-state index contributed by atoms with van der Waals surface area (Å²) in [5.74, 6) is 1.93. The summed E-state index contributed by atoms with van der Waals surface area (Å²) in [6.07, 6.45) is 0. The summed E-state index contributed by atoms with van der Waals surface area (Å²) in [6, 6.07) is 19.4. The molecule has 8 nitrogen and oxygen atoms in total. The van der Waals surface area contributed by atoms with Crippen LogP contribution in [0.15, 0.2) is 76.1 Å². The standard InChI is InChI=1S/C23H19N3O5S/c1-15-5-8-17(9-6-15)22-25-23(31-26-22)18-3-2-4-19(12-18)32(27,28)24-13-16-7-10-20-21(11-16)30-14-29-20/h2-12,24H,13-14H2,1H3. The molecule has 0 bridgehead atoms. The number of fused-ring (bicyclic) bond motifs is 1. The van der Waals surface area contributed by atoms with E-state index in [2.05, 4.69) is 14.9 Å². The van der Waals surface area contributed by atoms with Gasteiger partial charge >= 0.3 is 0 Å². The fourth-order valence-corrected chi connectivity index (χ4v) is 4.33. The average molecular weight is 449 g/mol. The van der Waals surface area contributed by atoms with E-state index in [1.807, 2.05) is 31.2 Å². The Morgan fingerprint density at radius 2 is 1.75 bits per heavy atom. The quantitative estimate of drug-likeness (QED) is 0.476. The number of aromatic nitrogens is 2. The molecule has 1 N–H and O–H groups in total. The van der Waals surface area contributed by atoms with Crippen LogP contribution in [0.3, 0.4) is 0 Å². The largest absolute Gasteiger partial charge is 0.454 e. The Morgan fingerprint density at radius 1 is 0.938 bits per heavy atom. The van der Waals surface area contributed by atoms with Crippen molar-refractivity contribution in [2.75, 3.05) is 6.79 Å². The van der Waals surface area contributed by atoms with E-state index in [9.17, 15) is 8.42 Å². The number of benzene rings is 3. The van der Waals surface area contributed by atoms with Crippen molar-refractivity contribution in [3.8, 4) is 34.3 Å². The monoisotopic (exact) mass is 449 g/mol. The SMILES string of the molecule is Cc1ccc(-c2noc(-c3cccc(S(=O)(=O)NCc4ccc5c(c4)OCO5)c3)n2)cc1. The zero-order valence-electron chi connectivity index (χ0n) is 17.1. The molecule has 9 heteroatoms. The van der Waals surface area contributed by atoms with E-state index >= 15 is 0 Å². The molecule has 2 heterocycles. The van der Waals surface area contributed by atoms with Crippen LogP contribution in [0.4, 0.5) is 0 Å². The fraction of sp³-hybridized carbons (Fsp3) is 0.130. The Morgan fingerprint density at radius 3 is 2.59 bits per heavy atom. The first-order valence-electron chi connectivity index (χ1n) is 9.87. The van der Waals surface area contributed by atoms with E-state index in [-0.39, 0.29) is 24.1 Å². The number of sulfonamides is 1. The van der Waals surface area contributed by atoms with Crippen molar-refractivity contribution >= 4 is 10.0 Å². The van der Waals surface area contributed by atoms with Crippen LogP contribution in [0.25, 0.3) is 22.8 Å². The molecule has 0 spiro atoms. The second-order valence-corrected chi connectivity index (χ2v) is 9.10. The van der Waals surface area contributed by atoms with Gasteiger partial charge in [-0.2, -0.15) is 4.98 Å². The highest BCUT2D eigenvalue weighted by Crippen LogP contribution is 2.32. The van der Waals surface area contributed by atoms with Crippen molar-refractivity contribution in [3.63, 3.8) is 0 Å². The van der Waals surface area contributed by atoms with Crippen LogP contribution < -0.4 is 14.2 Å². The van der Waals surface area contributed by atoms with Gasteiger partial charge in [0.1, 0.15) is 0 Å². The van der Waals surface area contributed by atoms with E-state index in [1.165, 1.54) is 12.1 Å². The first-order valence-corrected chi connectivity index (χ1v) is 11.4. The highest BCUT2D eigenvalue weighted by atomic mass is 32.2. The summed E-state index contributed by atoms with van der Waals surface area (Å²) in [7, 11) is -3.77. The maximum Gasteiger partial charge on any atom is 0.258 e. The van der Waals surface area contributed by atoms with Gasteiger partial charge in [0.05, 0.1) is 4.90 Å². The van der Waals surface area contributed by atoms with Crippen molar-refractivity contribution in [1.82, 2.24) is 14.9 Å². The average Bonchev–Trinajstić information content (AvgIpc) is 3.48. The highest BCUT2D eigenvalue weighted by Gasteiger charge is 2.18. The molecule has 1 aromatic heterocycles. The Labute approximate surface area is 184 Å². The molecule has 162 valence electrons. The van der Waals surface area contributed by atoms with Gasteiger partial charge in [0.25, 0.3) is 5.89 Å². The molecule has 3 aromatic carbocycles. The van der Waals surface area contributed by atoms with E-state index in [1.54, 1.807) is 30.3 Å². The number of aryl methyl sites for hydroxylation is 1. The van der Waals surface area contributed by atoms with Crippen LogP contribution in [0.1, 0.15) is 11.1 Å². The van der Waals surface area contributed by atoms with E-state index in [0.717, 1.165) is 16.7 Å². The van der Waals surface area contributed by atoms with Gasteiger partial charge in [-0.3, -0.25) is 0 Å². The van der Waals surface area contributed by atoms with Crippen molar-refractivity contribution < 1.29 is 22.4 Å². The molecular weight excluding hydrogens is 430 g/mol. The van der Waals surface area contributed by atoms with E-state index < -0.39 is 10.0 Å². The lowest BCUT2D eigenvalue weighted by molar-refractivity contribution is 0.174. The Bertz CT molecular complexity index is 1380. The molecule has 1 aliphatic rings. The minimum absolute atomic E-state index is 0.103. The van der Waals surface area contributed by atoms with Crippen LogP contribution in [0, 0.1) is 6.92 Å². The van der Waals surface area contributed by atoms with Crippen LogP contribution in [0.2, 0.25) is 0 Å². The fourth-order valence-electron chi connectivity index (χ4n) is 3.27. The van der Waals surface area contributed by atoms with Crippen molar-refractivity contribution in [3.05, 3.63) is 77.9 Å². The Balaban J connectivity index is 1.34. The maximum absolute atomic E-state index is 12.8. The molecule has 0 radical (unpaired) electrons. The van der Waals surface area contributed by atoms with Crippen molar-refractivity contribution in [2.24, 2.45) is 0 Å². The number of nitrogens with zero attached hydrogens (tertiary/aromatic N) is 2. The molecule has 0 fully saturated rings. The normalized spacial score (nSPS) is 12.8. The van der Waals surface area contributed by atoms with Crippen LogP contribution in [-0.4, -0.2) is 25.4 Å². The molecule has 5 rings (SSSR count). The number of rotatable bonds is 6. The first-order chi connectivity index (χ1) is 15.5. The van der Waals surface area contributed by atoms with Gasteiger partial charge in [0.15, 0.2) is 11.5 Å². The summed E-state index contributed by atoms with van der Waals surface area (Å²) in [5, 5.41) is 4.02. The minimum Gasteiger partial charge on any atom is -0.454 e. The molecule has 0 aliphatic carbocycles. The second-order valence-electron chi connectivity index (χ2n) is 7.33. The predicted octanol–water partition coefficient (Wildman–Crippen LogP) is 3.92. The molecule has 0 atom stereocenters. The molecule has 32 heavy (non-hydrogen) atoms. The summed E-state index contributed by atoms with van der Waals surface area (Å²) < 4.78 is 44.3. The molecule has 0 saturated heterocycles. The number of hydrogen-bond acceptors (Lipinski definition) is 7. The molecule has 4 aromatic rings. The van der Waals surface area contributed by atoms with Crippen molar-refractivity contribution in [1.29, 1.82) is 0 Å². The number of nitrogens with one attached hydrogen (secondary N) is 1. The first kappa shape index (κ1) is 20.2. The smallest absolute Gasteiger partial charge is 0.258 e. The number of hydrogen-bond donors (Lipinski definition) is 1. The summed E-state index contributed by atoms with van der Waals surface area (Å²) in [4.78, 5) is 4.51. The molecule has 0 unspecified atom stereocenters. The van der Waals surface area contributed by atoms with Gasteiger partial charge in [0.2, 0.25) is 22.6 Å². The minimum atomic E-state index is -3.77. The van der Waals surface area contributed by atoms with E-state index in [0.29, 0.717) is 22.9 Å². The van der Waals surface area contributed by atoms with Gasteiger partial charge < -0.3 is 14.0 Å². The highest BCUT2D eigenvalue weighted by molar-refractivity contribution is 7.89. The van der Waals surface area contributed by atoms with Gasteiger partial charge in [-0.25, -0.2) is 13.1 Å². The summed E-state index contributed by atoms with van der Waals surface area (Å²) >= 11 is 0. The molecular formula is C23H19N3O5S. The molecule has 0 amide bonds. The lowest BCUT2D eigenvalue weighted by Gasteiger charge is -2.08. The number of ether oxygens (including phenoxy) is 2. The molecule has 0 saturated carbocycles. The third-order valence-corrected chi connectivity index (χ3v) is 6.43. The van der Waals surface area contributed by atoms with Crippen LogP contribution in [-0.2, 0) is 16.6 Å². The Kier molecular flexibility index (Phi) is 5.12. The van der Waals surface area contributed by atoms with E-state index in [4.69, 9.17) is 14.0 Å². The molecule has 1 aliphatic heterocycles. The second kappa shape index (κ2) is 8.10. The van der Waals surface area contributed by atoms with Crippen LogP contribution in [0.5, 0.6) is 11.5 Å². The van der Waals surface area contributed by atoms with Gasteiger partial charge in [-0.1, -0.05) is 47.1 Å².